The number of benzene rings is 1. The van der Waals surface area contributed by atoms with Gasteiger partial charge >= 0.3 is 5.97 Å². The Hall–Kier alpha value is -2.34. The Morgan fingerprint density at radius 2 is 2.07 bits per heavy atom. The highest BCUT2D eigenvalue weighted by Crippen LogP contribution is 2.40. The maximum absolute atomic E-state index is 12.8. The first-order valence-corrected chi connectivity index (χ1v) is 10.9. The van der Waals surface area contributed by atoms with E-state index in [1.165, 1.54) is 23.3 Å². The zero-order chi connectivity index (χ0) is 21.1. The number of rotatable bonds is 6. The molecule has 2 atom stereocenters. The van der Waals surface area contributed by atoms with Crippen molar-refractivity contribution in [3.63, 3.8) is 0 Å². The van der Waals surface area contributed by atoms with Gasteiger partial charge in [-0.15, -0.1) is 11.3 Å². The maximum Gasteiger partial charge on any atom is 0.341 e. The Balaban J connectivity index is 1.80. The number of amides is 1. The van der Waals surface area contributed by atoms with Gasteiger partial charge in [-0.3, -0.25) is 4.79 Å². The van der Waals surface area contributed by atoms with Crippen LogP contribution in [-0.2, 0) is 22.4 Å². The molecule has 1 aromatic carbocycles. The highest BCUT2D eigenvalue weighted by atomic mass is 32.1. The summed E-state index contributed by atoms with van der Waals surface area (Å²) in [6, 6.07) is 5.86. The van der Waals surface area contributed by atoms with Crippen LogP contribution < -0.4 is 10.1 Å². The zero-order valence-corrected chi connectivity index (χ0v) is 18.6. The van der Waals surface area contributed by atoms with Crippen molar-refractivity contribution in [2.45, 2.75) is 59.5 Å². The number of anilines is 1. The van der Waals surface area contributed by atoms with Crippen molar-refractivity contribution in [3.8, 4) is 5.75 Å². The molecule has 0 spiro atoms. The first kappa shape index (κ1) is 21.4. The number of nitrogens with one attached hydrogen (secondary N) is 1. The van der Waals surface area contributed by atoms with Gasteiger partial charge in [0.15, 0.2) is 6.10 Å². The quantitative estimate of drug-likeness (QED) is 0.669. The summed E-state index contributed by atoms with van der Waals surface area (Å²) in [6.07, 6.45) is 3.28. The fourth-order valence-corrected chi connectivity index (χ4v) is 5.15. The number of hydrogen-bond acceptors (Lipinski definition) is 5. The van der Waals surface area contributed by atoms with Gasteiger partial charge in [-0.25, -0.2) is 4.79 Å². The smallest absolute Gasteiger partial charge is 0.341 e. The summed E-state index contributed by atoms with van der Waals surface area (Å²) in [5.74, 6) is 0.640. The van der Waals surface area contributed by atoms with Gasteiger partial charge in [-0.05, 0) is 63.1 Å². The molecule has 29 heavy (non-hydrogen) atoms. The fourth-order valence-electron chi connectivity index (χ4n) is 3.80. The fraction of sp³-hybridized carbons (Fsp3) is 0.478. The molecule has 6 heteroatoms. The van der Waals surface area contributed by atoms with E-state index in [0.717, 1.165) is 42.4 Å². The van der Waals surface area contributed by atoms with Crippen LogP contribution >= 0.6 is 11.3 Å². The molecule has 1 heterocycles. The Morgan fingerprint density at radius 3 is 2.72 bits per heavy atom. The van der Waals surface area contributed by atoms with Crippen molar-refractivity contribution < 1.29 is 19.1 Å². The average molecular weight is 416 g/mol. The van der Waals surface area contributed by atoms with Crippen LogP contribution in [-0.4, -0.2) is 25.1 Å². The van der Waals surface area contributed by atoms with E-state index in [9.17, 15) is 9.59 Å². The minimum Gasteiger partial charge on any atom is -0.481 e. The minimum atomic E-state index is -0.690. The second-order valence-electron chi connectivity index (χ2n) is 7.73. The predicted octanol–water partition coefficient (Wildman–Crippen LogP) is 5.07. The van der Waals surface area contributed by atoms with Crippen molar-refractivity contribution in [1.29, 1.82) is 0 Å². The Labute approximate surface area is 176 Å². The Bertz CT molecular complexity index is 918. The van der Waals surface area contributed by atoms with Gasteiger partial charge < -0.3 is 14.8 Å². The van der Waals surface area contributed by atoms with E-state index in [2.05, 4.69) is 12.2 Å². The summed E-state index contributed by atoms with van der Waals surface area (Å²) < 4.78 is 10.9. The maximum atomic E-state index is 12.8. The molecule has 2 aromatic rings. The van der Waals surface area contributed by atoms with Gasteiger partial charge in [0.2, 0.25) is 0 Å². The lowest BCUT2D eigenvalue weighted by atomic mass is 9.85. The predicted molar refractivity (Wildman–Crippen MR) is 116 cm³/mol. The van der Waals surface area contributed by atoms with Gasteiger partial charge in [0.1, 0.15) is 10.8 Å². The van der Waals surface area contributed by atoms with E-state index in [0.29, 0.717) is 22.2 Å². The average Bonchev–Trinajstić information content (AvgIpc) is 3.06. The molecule has 1 aliphatic carbocycles. The van der Waals surface area contributed by atoms with E-state index >= 15 is 0 Å². The second-order valence-corrected chi connectivity index (χ2v) is 8.84. The van der Waals surface area contributed by atoms with Gasteiger partial charge in [0.05, 0.1) is 12.7 Å². The van der Waals surface area contributed by atoms with Crippen LogP contribution in [0.25, 0.3) is 0 Å². The van der Waals surface area contributed by atoms with Crippen LogP contribution in [0.5, 0.6) is 5.75 Å². The number of carbonyl (C=O) groups excluding carboxylic acids is 2. The summed E-state index contributed by atoms with van der Waals surface area (Å²) in [4.78, 5) is 26.4. The molecule has 0 radical (unpaired) electrons. The molecule has 5 nitrogen and oxygen atoms in total. The van der Waals surface area contributed by atoms with E-state index in [4.69, 9.17) is 9.47 Å². The molecular weight excluding hydrogens is 386 g/mol. The van der Waals surface area contributed by atoms with Crippen molar-refractivity contribution in [2.75, 3.05) is 12.4 Å². The molecular formula is C23H29NO4S. The molecule has 0 bridgehead atoms. The topological polar surface area (TPSA) is 64.6 Å². The SMILES string of the molecule is CC[C@H]1CCc2c(sc(NC(=O)[C@H](C)Oc3ccc(C)cc3C)c2C(=O)OC)C1. The summed E-state index contributed by atoms with van der Waals surface area (Å²) in [5, 5.41) is 3.49. The highest BCUT2D eigenvalue weighted by molar-refractivity contribution is 7.17. The van der Waals surface area contributed by atoms with Gasteiger partial charge in [0.25, 0.3) is 5.91 Å². The van der Waals surface area contributed by atoms with Crippen LogP contribution in [0.15, 0.2) is 18.2 Å². The van der Waals surface area contributed by atoms with Crippen molar-refractivity contribution in [1.82, 2.24) is 0 Å². The van der Waals surface area contributed by atoms with Crippen molar-refractivity contribution in [3.05, 3.63) is 45.3 Å². The van der Waals surface area contributed by atoms with Gasteiger partial charge in [0, 0.05) is 4.88 Å². The summed E-state index contributed by atoms with van der Waals surface area (Å²) in [7, 11) is 1.38. The number of methoxy groups -OCH3 is 1. The Kier molecular flexibility index (Phi) is 6.63. The first-order chi connectivity index (χ1) is 13.8. The van der Waals surface area contributed by atoms with E-state index in [1.807, 2.05) is 32.0 Å². The number of carbonyl (C=O) groups is 2. The molecule has 0 aliphatic heterocycles. The molecule has 0 saturated carbocycles. The highest BCUT2D eigenvalue weighted by Gasteiger charge is 2.30. The first-order valence-electron chi connectivity index (χ1n) is 10.1. The lowest BCUT2D eigenvalue weighted by Gasteiger charge is -2.20. The second kappa shape index (κ2) is 8.99. The number of thiophene rings is 1. The molecule has 3 rings (SSSR count). The van der Waals surface area contributed by atoms with E-state index in [-0.39, 0.29) is 5.91 Å². The molecule has 1 N–H and O–H groups in total. The molecule has 1 amide bonds. The third-order valence-corrected chi connectivity index (χ3v) is 6.74. The summed E-state index contributed by atoms with van der Waals surface area (Å²) >= 11 is 1.49. The van der Waals surface area contributed by atoms with Crippen LogP contribution in [0.2, 0.25) is 0 Å². The summed E-state index contributed by atoms with van der Waals surface area (Å²) in [6.45, 7) is 7.88. The number of fused-ring (bicyclic) bond motifs is 1. The molecule has 0 fully saturated rings. The van der Waals surface area contributed by atoms with Crippen molar-refractivity contribution >= 4 is 28.2 Å². The number of ether oxygens (including phenoxy) is 2. The molecule has 156 valence electrons. The van der Waals surface area contributed by atoms with E-state index < -0.39 is 12.1 Å². The monoisotopic (exact) mass is 415 g/mol. The van der Waals surface area contributed by atoms with E-state index in [1.54, 1.807) is 6.92 Å². The molecule has 1 aliphatic rings. The molecule has 0 unspecified atom stereocenters. The lowest BCUT2D eigenvalue weighted by Crippen LogP contribution is -2.30. The number of esters is 1. The Morgan fingerprint density at radius 1 is 1.31 bits per heavy atom. The lowest BCUT2D eigenvalue weighted by molar-refractivity contribution is -0.122. The van der Waals surface area contributed by atoms with Crippen molar-refractivity contribution in [2.24, 2.45) is 5.92 Å². The minimum absolute atomic E-state index is 0.277. The van der Waals surface area contributed by atoms with Crippen LogP contribution in [0, 0.1) is 19.8 Å². The van der Waals surface area contributed by atoms with Crippen LogP contribution in [0.4, 0.5) is 5.00 Å². The number of hydrogen-bond donors (Lipinski definition) is 1. The van der Waals surface area contributed by atoms with Crippen LogP contribution in [0.3, 0.4) is 0 Å². The third-order valence-electron chi connectivity index (χ3n) is 5.57. The number of aryl methyl sites for hydroxylation is 2. The summed E-state index contributed by atoms with van der Waals surface area (Å²) in [5.41, 5.74) is 3.67. The third kappa shape index (κ3) is 4.64. The van der Waals surface area contributed by atoms with Gasteiger partial charge in [-0.1, -0.05) is 31.0 Å². The van der Waals surface area contributed by atoms with Crippen LogP contribution in [0.1, 0.15) is 58.6 Å². The molecule has 1 aromatic heterocycles. The standard InChI is InChI=1S/C23H29NO4S/c1-6-16-8-9-17-19(12-16)29-22(20(17)23(26)27-5)24-21(25)15(4)28-18-10-7-13(2)11-14(18)3/h7,10-11,15-16H,6,8-9,12H2,1-5H3,(H,24,25)/t15-,16-/m0/s1. The molecule has 0 saturated heterocycles. The normalized spacial score (nSPS) is 16.7. The zero-order valence-electron chi connectivity index (χ0n) is 17.8. The van der Waals surface area contributed by atoms with Gasteiger partial charge in [-0.2, -0.15) is 0 Å². The largest absolute Gasteiger partial charge is 0.481 e.